The summed E-state index contributed by atoms with van der Waals surface area (Å²) in [6, 6.07) is 3.03. The Balaban J connectivity index is 1.84. The molecule has 2 N–H and O–H groups in total. The Hall–Kier alpha value is -2.93. The van der Waals surface area contributed by atoms with Gasteiger partial charge in [-0.05, 0) is 49.8 Å². The molecule has 3 aliphatic carbocycles. The lowest BCUT2D eigenvalue weighted by molar-refractivity contribution is -0.175. The van der Waals surface area contributed by atoms with E-state index >= 15 is 0 Å². The van der Waals surface area contributed by atoms with Gasteiger partial charge in [-0.15, -0.1) is 0 Å². The molecule has 1 aromatic rings. The third kappa shape index (κ3) is 2.51. The van der Waals surface area contributed by atoms with Crippen LogP contribution in [0.15, 0.2) is 18.7 Å². The summed E-state index contributed by atoms with van der Waals surface area (Å²) in [6.45, 7) is 6.75. The van der Waals surface area contributed by atoms with Crippen molar-refractivity contribution < 1.29 is 34.2 Å². The molecular weight excluding hydrogens is 388 g/mol. The van der Waals surface area contributed by atoms with Crippen molar-refractivity contribution in [2.45, 2.75) is 38.7 Å². The van der Waals surface area contributed by atoms with Crippen LogP contribution in [0.3, 0.4) is 0 Å². The number of rotatable bonds is 2. The van der Waals surface area contributed by atoms with Gasteiger partial charge in [-0.2, -0.15) is 0 Å². The van der Waals surface area contributed by atoms with E-state index in [4.69, 9.17) is 0 Å². The fourth-order valence-corrected chi connectivity index (χ4v) is 5.49. The Morgan fingerprint density at radius 2 is 1.77 bits per heavy atom. The summed E-state index contributed by atoms with van der Waals surface area (Å²) in [5.41, 5.74) is -0.546. The van der Waals surface area contributed by atoms with Gasteiger partial charge >= 0.3 is 0 Å². The van der Waals surface area contributed by atoms with E-state index in [1.807, 2.05) is 0 Å². The van der Waals surface area contributed by atoms with Gasteiger partial charge in [-0.3, -0.25) is 24.0 Å². The summed E-state index contributed by atoms with van der Waals surface area (Å²) in [5.74, 6) is -8.82. The molecule has 7 nitrogen and oxygen atoms in total. The van der Waals surface area contributed by atoms with E-state index in [0.717, 1.165) is 6.92 Å². The Kier molecular flexibility index (Phi) is 4.43. The molecule has 0 spiro atoms. The normalized spacial score (nSPS) is 32.9. The summed E-state index contributed by atoms with van der Waals surface area (Å²) >= 11 is 0. The average molecular weight is 410 g/mol. The molecule has 2 fully saturated rings. The summed E-state index contributed by atoms with van der Waals surface area (Å²) in [7, 11) is 0. The Bertz CT molecular complexity index is 1070. The second-order valence-corrected chi connectivity index (χ2v) is 8.71. The third-order valence-corrected chi connectivity index (χ3v) is 6.87. The Morgan fingerprint density at radius 1 is 1.10 bits per heavy atom. The van der Waals surface area contributed by atoms with Crippen LogP contribution in [0.5, 0.6) is 5.75 Å². The molecule has 7 heteroatoms. The van der Waals surface area contributed by atoms with Gasteiger partial charge < -0.3 is 10.2 Å². The van der Waals surface area contributed by atoms with Gasteiger partial charge in [-0.1, -0.05) is 18.2 Å². The number of ketones is 5. The smallest absolute Gasteiger partial charge is 0.190 e. The number of aliphatic hydroxyl groups is 1. The van der Waals surface area contributed by atoms with E-state index in [1.165, 1.54) is 6.07 Å². The second-order valence-electron chi connectivity index (χ2n) is 8.71. The van der Waals surface area contributed by atoms with Crippen molar-refractivity contribution in [1.82, 2.24) is 0 Å². The van der Waals surface area contributed by atoms with Crippen molar-refractivity contribution in [3.05, 3.63) is 35.4 Å². The number of benzene rings is 1. The minimum absolute atomic E-state index is 0.00889. The molecule has 0 bridgehead atoms. The zero-order chi connectivity index (χ0) is 22.1. The highest BCUT2D eigenvalue weighted by Crippen LogP contribution is 2.50. The highest BCUT2D eigenvalue weighted by Gasteiger charge is 2.65. The number of phenolic OH excluding ortho intramolecular Hbond substituents is 1. The molecule has 5 unspecified atom stereocenters. The van der Waals surface area contributed by atoms with Gasteiger partial charge in [0.2, 0.25) is 0 Å². The largest absolute Gasteiger partial charge is 0.507 e. The number of hydrogen-bond donors (Lipinski definition) is 2. The van der Waals surface area contributed by atoms with Gasteiger partial charge in [0.15, 0.2) is 28.7 Å². The SMILES string of the molecule is C=C(C)c1ccc(O)c2c1CC1CC3CC(=O)C(C(C)=O)C(=O)C3(O)C(=O)C1C2=O. The number of phenols is 1. The molecular formula is C23H22O7. The number of fused-ring (bicyclic) bond motifs is 3. The zero-order valence-electron chi connectivity index (χ0n) is 16.7. The minimum Gasteiger partial charge on any atom is -0.507 e. The summed E-state index contributed by atoms with van der Waals surface area (Å²) in [4.78, 5) is 63.7. The number of carbonyl (C=O) groups excluding carboxylic acids is 5. The third-order valence-electron chi connectivity index (χ3n) is 6.87. The fourth-order valence-electron chi connectivity index (χ4n) is 5.49. The van der Waals surface area contributed by atoms with Crippen molar-refractivity contribution in [3.8, 4) is 5.75 Å². The van der Waals surface area contributed by atoms with Gasteiger partial charge in [0.1, 0.15) is 17.5 Å². The van der Waals surface area contributed by atoms with Gasteiger partial charge in [-0.25, -0.2) is 0 Å². The fraction of sp³-hybridized carbons (Fsp3) is 0.435. The molecule has 0 heterocycles. The molecule has 3 aliphatic rings. The van der Waals surface area contributed by atoms with Crippen LogP contribution in [-0.4, -0.2) is 44.7 Å². The van der Waals surface area contributed by atoms with E-state index < -0.39 is 58.2 Å². The molecule has 0 saturated heterocycles. The summed E-state index contributed by atoms with van der Waals surface area (Å²) in [6.07, 6.45) is 0.126. The lowest BCUT2D eigenvalue weighted by Gasteiger charge is -2.48. The topological polar surface area (TPSA) is 126 Å². The van der Waals surface area contributed by atoms with E-state index in [1.54, 1.807) is 13.0 Å². The number of aromatic hydroxyl groups is 1. The van der Waals surface area contributed by atoms with Crippen molar-refractivity contribution in [1.29, 1.82) is 0 Å². The number of carbonyl (C=O) groups is 5. The highest BCUT2D eigenvalue weighted by molar-refractivity contribution is 6.31. The van der Waals surface area contributed by atoms with Crippen LogP contribution < -0.4 is 0 Å². The van der Waals surface area contributed by atoms with Crippen molar-refractivity contribution in [2.24, 2.45) is 23.7 Å². The number of Topliss-reactive ketones (excluding diaryl/α,β-unsaturated/α-hetero) is 5. The van der Waals surface area contributed by atoms with Crippen molar-refractivity contribution in [3.63, 3.8) is 0 Å². The average Bonchev–Trinajstić information content (AvgIpc) is 2.64. The van der Waals surface area contributed by atoms with E-state index in [0.29, 0.717) is 16.7 Å². The van der Waals surface area contributed by atoms with E-state index in [2.05, 4.69) is 6.58 Å². The minimum atomic E-state index is -2.54. The first-order valence-electron chi connectivity index (χ1n) is 9.89. The van der Waals surface area contributed by atoms with E-state index in [9.17, 15) is 34.2 Å². The first-order chi connectivity index (χ1) is 14.0. The zero-order valence-corrected chi connectivity index (χ0v) is 16.7. The molecule has 30 heavy (non-hydrogen) atoms. The van der Waals surface area contributed by atoms with Gasteiger partial charge in [0, 0.05) is 12.3 Å². The monoisotopic (exact) mass is 410 g/mol. The maximum Gasteiger partial charge on any atom is 0.190 e. The molecule has 0 aromatic heterocycles. The molecule has 2 saturated carbocycles. The lowest BCUT2D eigenvalue weighted by atomic mass is 9.53. The predicted molar refractivity (Wildman–Crippen MR) is 105 cm³/mol. The quantitative estimate of drug-likeness (QED) is 0.707. The van der Waals surface area contributed by atoms with Crippen molar-refractivity contribution >= 4 is 34.5 Å². The van der Waals surface area contributed by atoms with Crippen LogP contribution in [0.4, 0.5) is 0 Å². The molecule has 0 radical (unpaired) electrons. The first kappa shape index (κ1) is 20.3. The molecule has 0 aliphatic heterocycles. The number of allylic oxidation sites excluding steroid dienone is 1. The Morgan fingerprint density at radius 3 is 2.37 bits per heavy atom. The maximum atomic E-state index is 13.3. The standard InChI is InChI=1S/C23H22O7/c1-9(2)13-4-5-15(25)19-14(13)7-11-6-12-8-16(26)17(10(3)24)21(28)23(12,30)22(29)18(11)20(19)27/h4-5,11-12,17-18,25,30H,1,6-8H2,2-3H3. The first-order valence-corrected chi connectivity index (χ1v) is 9.89. The number of hydrogen-bond acceptors (Lipinski definition) is 7. The summed E-state index contributed by atoms with van der Waals surface area (Å²) < 4.78 is 0. The summed E-state index contributed by atoms with van der Waals surface area (Å²) in [5, 5.41) is 21.5. The molecule has 5 atom stereocenters. The molecule has 1 aromatic carbocycles. The van der Waals surface area contributed by atoms with E-state index in [-0.39, 0.29) is 30.6 Å². The van der Waals surface area contributed by atoms with Crippen LogP contribution in [-0.2, 0) is 25.6 Å². The van der Waals surface area contributed by atoms with Crippen LogP contribution in [0, 0.1) is 23.7 Å². The Labute approximate surface area is 172 Å². The van der Waals surface area contributed by atoms with Gasteiger partial charge in [0.05, 0.1) is 11.5 Å². The molecule has 4 rings (SSSR count). The molecule has 0 amide bonds. The van der Waals surface area contributed by atoms with Crippen molar-refractivity contribution in [2.75, 3.05) is 0 Å². The van der Waals surface area contributed by atoms with Gasteiger partial charge in [0.25, 0.3) is 0 Å². The van der Waals surface area contributed by atoms with Crippen LogP contribution in [0.25, 0.3) is 5.57 Å². The second kappa shape index (κ2) is 6.54. The lowest BCUT2D eigenvalue weighted by Crippen LogP contribution is -2.67. The maximum absolute atomic E-state index is 13.3. The predicted octanol–water partition coefficient (Wildman–Crippen LogP) is 1.46. The van der Waals surface area contributed by atoms with Crippen LogP contribution >= 0.6 is 0 Å². The molecule has 156 valence electrons. The van der Waals surface area contributed by atoms with Crippen LogP contribution in [0.1, 0.15) is 48.2 Å². The van der Waals surface area contributed by atoms with Crippen LogP contribution in [0.2, 0.25) is 0 Å². The highest BCUT2D eigenvalue weighted by atomic mass is 16.3.